The molecule has 0 unspecified atom stereocenters. The monoisotopic (exact) mass is 314 g/mol. The minimum Gasteiger partial charge on any atom is -0.374 e. The zero-order chi connectivity index (χ0) is 16.8. The van der Waals surface area contributed by atoms with E-state index in [0.717, 1.165) is 18.8 Å². The molecule has 1 heteroatoms. The van der Waals surface area contributed by atoms with Crippen molar-refractivity contribution in [3.8, 4) is 0 Å². The Morgan fingerprint density at radius 1 is 1.22 bits per heavy atom. The van der Waals surface area contributed by atoms with Gasteiger partial charge in [-0.25, -0.2) is 0 Å². The van der Waals surface area contributed by atoms with Crippen LogP contribution in [0.3, 0.4) is 0 Å². The van der Waals surface area contributed by atoms with E-state index in [9.17, 15) is 0 Å². The molecule has 1 heterocycles. The third kappa shape index (κ3) is 4.94. The van der Waals surface area contributed by atoms with E-state index >= 15 is 0 Å². The summed E-state index contributed by atoms with van der Waals surface area (Å²) < 4.78 is 6.44. The van der Waals surface area contributed by atoms with Gasteiger partial charge in [-0.2, -0.15) is 0 Å². The smallest absolute Gasteiger partial charge is 0.0645 e. The first kappa shape index (κ1) is 18.3. The van der Waals surface area contributed by atoms with E-state index in [0.29, 0.717) is 24.0 Å². The van der Waals surface area contributed by atoms with Crippen LogP contribution in [-0.2, 0) is 11.2 Å². The van der Waals surface area contributed by atoms with E-state index in [4.69, 9.17) is 4.74 Å². The molecule has 1 aromatic carbocycles. The maximum Gasteiger partial charge on any atom is 0.0645 e. The van der Waals surface area contributed by atoms with Gasteiger partial charge in [-0.05, 0) is 55.9 Å². The van der Waals surface area contributed by atoms with Crippen LogP contribution in [0.25, 0.3) is 0 Å². The van der Waals surface area contributed by atoms with Crippen LogP contribution in [0.15, 0.2) is 36.9 Å². The van der Waals surface area contributed by atoms with Crippen LogP contribution in [-0.4, -0.2) is 12.2 Å². The van der Waals surface area contributed by atoms with Crippen molar-refractivity contribution in [2.24, 2.45) is 17.8 Å². The quantitative estimate of drug-likeness (QED) is 0.538. The van der Waals surface area contributed by atoms with Crippen LogP contribution < -0.4 is 0 Å². The molecule has 0 aliphatic carbocycles. The Morgan fingerprint density at radius 3 is 2.52 bits per heavy atom. The molecular weight excluding hydrogens is 280 g/mol. The van der Waals surface area contributed by atoms with Crippen molar-refractivity contribution in [3.05, 3.63) is 48.0 Å². The molecule has 5 atom stereocenters. The molecule has 0 bridgehead atoms. The third-order valence-electron chi connectivity index (χ3n) is 5.71. The summed E-state index contributed by atoms with van der Waals surface area (Å²) in [5.41, 5.74) is 2.79. The van der Waals surface area contributed by atoms with Crippen LogP contribution in [0.5, 0.6) is 0 Å². The summed E-state index contributed by atoms with van der Waals surface area (Å²) in [4.78, 5) is 0. The Kier molecular flexibility index (Phi) is 6.89. The Hall–Kier alpha value is -1.08. The Bertz CT molecular complexity index is 475. The van der Waals surface area contributed by atoms with Gasteiger partial charge in [-0.3, -0.25) is 0 Å². The number of rotatable bonds is 8. The molecule has 0 radical (unpaired) electrons. The largest absolute Gasteiger partial charge is 0.374 e. The van der Waals surface area contributed by atoms with Crippen molar-refractivity contribution >= 4 is 0 Å². The fourth-order valence-electron chi connectivity index (χ4n) is 3.83. The van der Waals surface area contributed by atoms with Gasteiger partial charge in [0.05, 0.1) is 12.2 Å². The Morgan fingerprint density at radius 2 is 1.91 bits per heavy atom. The second-order valence-corrected chi connectivity index (χ2v) is 7.53. The van der Waals surface area contributed by atoms with Gasteiger partial charge in [0.25, 0.3) is 0 Å². The molecule has 0 aromatic heterocycles. The lowest BCUT2D eigenvalue weighted by Crippen LogP contribution is -2.21. The van der Waals surface area contributed by atoms with Crippen molar-refractivity contribution < 1.29 is 4.74 Å². The molecule has 0 saturated carbocycles. The molecule has 128 valence electrons. The van der Waals surface area contributed by atoms with Crippen LogP contribution >= 0.6 is 0 Å². The minimum atomic E-state index is 0.363. The molecule has 1 nitrogen and oxygen atoms in total. The predicted molar refractivity (Wildman–Crippen MR) is 99.7 cm³/mol. The number of aryl methyl sites for hydroxylation is 2. The van der Waals surface area contributed by atoms with Crippen LogP contribution in [0, 0.1) is 24.7 Å². The van der Waals surface area contributed by atoms with E-state index < -0.39 is 0 Å². The zero-order valence-corrected chi connectivity index (χ0v) is 15.4. The first-order valence-corrected chi connectivity index (χ1v) is 9.37. The van der Waals surface area contributed by atoms with Gasteiger partial charge in [0.1, 0.15) is 0 Å². The molecule has 1 aliphatic rings. The van der Waals surface area contributed by atoms with Gasteiger partial charge in [0.2, 0.25) is 0 Å². The third-order valence-corrected chi connectivity index (χ3v) is 5.71. The molecule has 2 rings (SSSR count). The van der Waals surface area contributed by atoms with Crippen LogP contribution in [0.4, 0.5) is 0 Å². The van der Waals surface area contributed by atoms with Crippen molar-refractivity contribution in [3.63, 3.8) is 0 Å². The van der Waals surface area contributed by atoms with E-state index in [-0.39, 0.29) is 0 Å². The van der Waals surface area contributed by atoms with E-state index in [1.807, 2.05) is 6.08 Å². The van der Waals surface area contributed by atoms with Gasteiger partial charge in [-0.15, -0.1) is 6.58 Å². The molecule has 0 amide bonds. The maximum absolute atomic E-state index is 6.44. The van der Waals surface area contributed by atoms with Gasteiger partial charge < -0.3 is 4.74 Å². The summed E-state index contributed by atoms with van der Waals surface area (Å²) in [5.74, 6) is 2.06. The molecule has 1 saturated heterocycles. The van der Waals surface area contributed by atoms with Crippen LogP contribution in [0.1, 0.15) is 57.6 Å². The number of benzene rings is 1. The van der Waals surface area contributed by atoms with E-state index in [2.05, 4.69) is 58.5 Å². The van der Waals surface area contributed by atoms with Gasteiger partial charge >= 0.3 is 0 Å². The van der Waals surface area contributed by atoms with Crippen molar-refractivity contribution in [2.45, 2.75) is 72.0 Å². The molecule has 1 fully saturated rings. The van der Waals surface area contributed by atoms with Crippen molar-refractivity contribution in [1.29, 1.82) is 0 Å². The first-order chi connectivity index (χ1) is 11.0. The standard InChI is InChI=1S/C22H34O/c1-6-8-21-20(14-13-19-11-9-17(4)10-12-19)18(5)22(23-21)15-16(3)7-2/h6,9-12,16,18,20-22H,1,7-8,13-15H2,2-5H3/t16-,18-,20-,21+,22-/m1/s1. The fourth-order valence-corrected chi connectivity index (χ4v) is 3.83. The number of hydrogen-bond donors (Lipinski definition) is 0. The highest BCUT2D eigenvalue weighted by atomic mass is 16.5. The zero-order valence-electron chi connectivity index (χ0n) is 15.4. The molecule has 0 spiro atoms. The SMILES string of the molecule is C=CC[C@@H]1O[C@H](C[C@H](C)CC)[C@H](C)[C@H]1CCc1ccc(C)cc1. The topological polar surface area (TPSA) is 9.23 Å². The second-order valence-electron chi connectivity index (χ2n) is 7.53. The number of ether oxygens (including phenoxy) is 1. The highest BCUT2D eigenvalue weighted by molar-refractivity contribution is 5.21. The van der Waals surface area contributed by atoms with Crippen molar-refractivity contribution in [2.75, 3.05) is 0 Å². The normalized spacial score (nSPS) is 28.7. The molecule has 1 aromatic rings. The second kappa shape index (κ2) is 8.68. The first-order valence-electron chi connectivity index (χ1n) is 9.37. The molecular formula is C22H34O. The van der Waals surface area contributed by atoms with Gasteiger partial charge in [0, 0.05) is 0 Å². The molecule has 23 heavy (non-hydrogen) atoms. The average Bonchev–Trinajstić information content (AvgIpc) is 2.83. The van der Waals surface area contributed by atoms with E-state index in [1.165, 1.54) is 30.4 Å². The fraction of sp³-hybridized carbons (Fsp3) is 0.636. The molecule has 1 aliphatic heterocycles. The summed E-state index contributed by atoms with van der Waals surface area (Å²) in [5, 5.41) is 0. The molecule has 0 N–H and O–H groups in total. The predicted octanol–water partition coefficient (Wildman–Crippen LogP) is 5.96. The van der Waals surface area contributed by atoms with Crippen molar-refractivity contribution in [1.82, 2.24) is 0 Å². The Labute approximate surface area is 143 Å². The van der Waals surface area contributed by atoms with Gasteiger partial charge in [-0.1, -0.05) is 63.1 Å². The number of hydrogen-bond acceptors (Lipinski definition) is 1. The van der Waals surface area contributed by atoms with Crippen LogP contribution in [0.2, 0.25) is 0 Å². The lowest BCUT2D eigenvalue weighted by atomic mass is 9.81. The minimum absolute atomic E-state index is 0.363. The Balaban J connectivity index is 1.98. The van der Waals surface area contributed by atoms with Gasteiger partial charge in [0.15, 0.2) is 0 Å². The highest BCUT2D eigenvalue weighted by Gasteiger charge is 2.40. The summed E-state index contributed by atoms with van der Waals surface area (Å²) in [6, 6.07) is 8.98. The lowest BCUT2D eigenvalue weighted by Gasteiger charge is -2.21. The summed E-state index contributed by atoms with van der Waals surface area (Å²) >= 11 is 0. The summed E-state index contributed by atoms with van der Waals surface area (Å²) in [7, 11) is 0. The summed E-state index contributed by atoms with van der Waals surface area (Å²) in [6.45, 7) is 13.1. The van der Waals surface area contributed by atoms with E-state index in [1.54, 1.807) is 0 Å². The lowest BCUT2D eigenvalue weighted by molar-refractivity contribution is 0.0187. The maximum atomic E-state index is 6.44. The highest BCUT2D eigenvalue weighted by Crippen LogP contribution is 2.40. The average molecular weight is 315 g/mol. The summed E-state index contributed by atoms with van der Waals surface area (Å²) in [6.07, 6.45) is 8.63.